The lowest BCUT2D eigenvalue weighted by Crippen LogP contribution is -2.34. The van der Waals surface area contributed by atoms with Gasteiger partial charge in [0.05, 0.1) is 5.69 Å². The summed E-state index contributed by atoms with van der Waals surface area (Å²) in [5.41, 5.74) is 0.293. The molecule has 4 aromatic rings. The first kappa shape index (κ1) is 27.8. The van der Waals surface area contributed by atoms with E-state index in [1.807, 2.05) is 6.92 Å². The Morgan fingerprint density at radius 1 is 0.976 bits per heavy atom. The molecule has 1 aliphatic rings. The minimum atomic E-state index is -4.88. The molecule has 3 heterocycles. The summed E-state index contributed by atoms with van der Waals surface area (Å²) in [4.78, 5) is 34.6. The van der Waals surface area contributed by atoms with Crippen molar-refractivity contribution in [1.29, 1.82) is 0 Å². The maximum absolute atomic E-state index is 13.8. The topological polar surface area (TPSA) is 100 Å². The fourth-order valence-corrected chi connectivity index (χ4v) is 4.54. The summed E-state index contributed by atoms with van der Waals surface area (Å²) in [6.45, 7) is 2.96. The van der Waals surface area contributed by atoms with E-state index < -0.39 is 35.3 Å². The molecule has 12 heteroatoms. The normalized spacial score (nSPS) is 15.4. The van der Waals surface area contributed by atoms with Crippen molar-refractivity contribution in [1.82, 2.24) is 9.97 Å². The third kappa shape index (κ3) is 6.37. The van der Waals surface area contributed by atoms with Crippen LogP contribution in [-0.4, -0.2) is 34.9 Å². The number of alkyl halides is 3. The monoisotopic (exact) mass is 567 g/mol. The van der Waals surface area contributed by atoms with Gasteiger partial charge in [-0.25, -0.2) is 9.37 Å². The molecule has 0 bridgehead atoms. The van der Waals surface area contributed by atoms with Crippen LogP contribution in [0.1, 0.15) is 46.4 Å². The van der Waals surface area contributed by atoms with Crippen molar-refractivity contribution in [3.63, 3.8) is 0 Å². The van der Waals surface area contributed by atoms with E-state index in [4.69, 9.17) is 4.42 Å². The van der Waals surface area contributed by atoms with Crippen LogP contribution in [0.25, 0.3) is 11.1 Å². The van der Waals surface area contributed by atoms with E-state index in [1.165, 1.54) is 30.5 Å². The molecule has 0 saturated carbocycles. The zero-order valence-corrected chi connectivity index (χ0v) is 21.8. The molecule has 212 valence electrons. The summed E-state index contributed by atoms with van der Waals surface area (Å²) in [5, 5.41) is 4.85. The van der Waals surface area contributed by atoms with Crippen LogP contribution in [0.2, 0.25) is 0 Å². The minimum absolute atomic E-state index is 0.0114. The summed E-state index contributed by atoms with van der Waals surface area (Å²) in [6, 6.07) is 15.1. The summed E-state index contributed by atoms with van der Waals surface area (Å²) >= 11 is 0. The van der Waals surface area contributed by atoms with Crippen molar-refractivity contribution < 1.29 is 31.6 Å². The summed E-state index contributed by atoms with van der Waals surface area (Å²) in [7, 11) is 0. The number of para-hydroxylation sites is 1. The van der Waals surface area contributed by atoms with Crippen molar-refractivity contribution in [2.75, 3.05) is 28.6 Å². The van der Waals surface area contributed by atoms with E-state index >= 15 is 0 Å². The van der Waals surface area contributed by atoms with Gasteiger partial charge >= 0.3 is 6.18 Å². The number of piperidine rings is 1. The van der Waals surface area contributed by atoms with Gasteiger partial charge in [0.1, 0.15) is 11.6 Å². The van der Waals surface area contributed by atoms with Crippen molar-refractivity contribution in [3.8, 4) is 11.1 Å². The van der Waals surface area contributed by atoms with Gasteiger partial charge < -0.3 is 20.0 Å². The first-order valence-electron chi connectivity index (χ1n) is 12.8. The molecule has 2 aromatic carbocycles. The van der Waals surface area contributed by atoms with Gasteiger partial charge in [0.2, 0.25) is 5.76 Å². The second-order valence-corrected chi connectivity index (χ2v) is 9.76. The average molecular weight is 568 g/mol. The number of hydrogen-bond donors (Lipinski definition) is 2. The maximum atomic E-state index is 13.8. The van der Waals surface area contributed by atoms with E-state index in [0.29, 0.717) is 29.8 Å². The van der Waals surface area contributed by atoms with Crippen LogP contribution >= 0.6 is 0 Å². The molecule has 1 aliphatic heterocycles. The Labute approximate surface area is 232 Å². The van der Waals surface area contributed by atoms with Gasteiger partial charge in [0, 0.05) is 30.4 Å². The number of nitrogens with zero attached hydrogens (tertiary/aromatic N) is 3. The second kappa shape index (κ2) is 11.4. The molecular formula is C29H25F4N5O3. The number of pyridine rings is 1. The van der Waals surface area contributed by atoms with Crippen LogP contribution < -0.4 is 15.5 Å². The van der Waals surface area contributed by atoms with Crippen LogP contribution in [-0.2, 0) is 6.18 Å². The lowest BCUT2D eigenvalue weighted by molar-refractivity contribution is -0.141. The first-order chi connectivity index (χ1) is 19.6. The number of rotatable bonds is 6. The van der Waals surface area contributed by atoms with Gasteiger partial charge in [0.15, 0.2) is 5.69 Å². The van der Waals surface area contributed by atoms with Gasteiger partial charge in [-0.1, -0.05) is 31.2 Å². The van der Waals surface area contributed by atoms with Crippen molar-refractivity contribution in [2.45, 2.75) is 25.9 Å². The number of carbonyl (C=O) groups excluding carboxylic acids is 2. The fraction of sp³-hybridized carbons (Fsp3) is 0.241. The van der Waals surface area contributed by atoms with Crippen LogP contribution in [0.4, 0.5) is 35.1 Å². The molecule has 1 atom stereocenters. The zero-order chi connectivity index (χ0) is 29.1. The Morgan fingerprint density at radius 2 is 1.71 bits per heavy atom. The Hall–Kier alpha value is -4.74. The van der Waals surface area contributed by atoms with Crippen LogP contribution in [0.5, 0.6) is 0 Å². The Kier molecular flexibility index (Phi) is 7.73. The quantitative estimate of drug-likeness (QED) is 0.254. The number of carbonyl (C=O) groups is 2. The molecule has 0 radical (unpaired) electrons. The predicted octanol–water partition coefficient (Wildman–Crippen LogP) is 6.64. The lowest BCUT2D eigenvalue weighted by atomic mass is 10.0. The van der Waals surface area contributed by atoms with Crippen LogP contribution in [0.3, 0.4) is 0 Å². The van der Waals surface area contributed by atoms with E-state index in [2.05, 4.69) is 20.6 Å². The van der Waals surface area contributed by atoms with Gasteiger partial charge in [-0.2, -0.15) is 18.2 Å². The number of oxazole rings is 1. The minimum Gasteiger partial charge on any atom is -0.417 e. The lowest BCUT2D eigenvalue weighted by Gasteiger charge is -2.29. The fourth-order valence-electron chi connectivity index (χ4n) is 4.54. The largest absolute Gasteiger partial charge is 0.437 e. The highest BCUT2D eigenvalue weighted by molar-refractivity contribution is 6.04. The first-order valence-corrected chi connectivity index (χ1v) is 12.8. The highest BCUT2D eigenvalue weighted by atomic mass is 19.4. The average Bonchev–Trinajstić information content (AvgIpc) is 3.42. The Balaban J connectivity index is 1.27. The third-order valence-corrected chi connectivity index (χ3v) is 6.63. The number of anilines is 3. The number of amides is 2. The van der Waals surface area contributed by atoms with Crippen molar-refractivity contribution >= 4 is 29.3 Å². The van der Waals surface area contributed by atoms with Gasteiger partial charge in [0.25, 0.3) is 17.8 Å². The van der Waals surface area contributed by atoms with E-state index in [-0.39, 0.29) is 23.4 Å². The molecule has 2 aromatic heterocycles. The molecule has 1 saturated heterocycles. The standard InChI is InChI=1S/C29H25F4N5O3/c1-17-5-4-14-38(16-17)28-37-25(29(31,32)33)24(41-28)27(40)36-23-13-12-20(15-34-23)18-8-10-19(11-9-18)26(39)35-22-7-3-2-6-21(22)30/h2-3,6-13,15,17H,4-5,14,16H2,1H3,(H,35,39)(H,34,36,40). The number of aromatic nitrogens is 2. The second-order valence-electron chi connectivity index (χ2n) is 9.76. The highest BCUT2D eigenvalue weighted by Gasteiger charge is 2.42. The van der Waals surface area contributed by atoms with E-state index in [0.717, 1.165) is 12.8 Å². The maximum Gasteiger partial charge on any atom is 0.437 e. The number of nitrogens with one attached hydrogen (secondary N) is 2. The molecule has 8 nitrogen and oxygen atoms in total. The number of benzene rings is 2. The smallest absolute Gasteiger partial charge is 0.417 e. The Bertz CT molecular complexity index is 1550. The molecule has 0 spiro atoms. The molecule has 5 rings (SSSR count). The molecule has 1 fully saturated rings. The van der Waals surface area contributed by atoms with E-state index in [9.17, 15) is 27.2 Å². The summed E-state index contributed by atoms with van der Waals surface area (Å²) in [5.74, 6) is -2.81. The molecule has 1 unspecified atom stereocenters. The molecule has 41 heavy (non-hydrogen) atoms. The number of hydrogen-bond acceptors (Lipinski definition) is 6. The SMILES string of the molecule is CC1CCCN(c2nc(C(F)(F)F)c(C(=O)Nc3ccc(-c4ccc(C(=O)Nc5ccccc5F)cc4)cn3)o2)C1. The van der Waals surface area contributed by atoms with Gasteiger partial charge in [-0.15, -0.1) is 0 Å². The third-order valence-electron chi connectivity index (χ3n) is 6.63. The predicted molar refractivity (Wildman–Crippen MR) is 144 cm³/mol. The molecule has 2 N–H and O–H groups in total. The van der Waals surface area contributed by atoms with Crippen molar-refractivity contribution in [3.05, 3.63) is 89.7 Å². The van der Waals surface area contributed by atoms with Crippen molar-refractivity contribution in [2.24, 2.45) is 5.92 Å². The van der Waals surface area contributed by atoms with Crippen LogP contribution in [0.15, 0.2) is 71.3 Å². The van der Waals surface area contributed by atoms with Gasteiger partial charge in [-0.05, 0) is 60.7 Å². The summed E-state index contributed by atoms with van der Waals surface area (Å²) in [6.07, 6.45) is -1.72. The van der Waals surface area contributed by atoms with E-state index in [1.54, 1.807) is 41.3 Å². The van der Waals surface area contributed by atoms with Crippen LogP contribution in [0, 0.1) is 11.7 Å². The number of halogens is 4. The van der Waals surface area contributed by atoms with Gasteiger partial charge in [-0.3, -0.25) is 9.59 Å². The molecule has 2 amide bonds. The Morgan fingerprint density at radius 3 is 2.37 bits per heavy atom. The zero-order valence-electron chi connectivity index (χ0n) is 21.8. The molecular weight excluding hydrogens is 542 g/mol. The highest BCUT2D eigenvalue weighted by Crippen LogP contribution is 2.35. The summed E-state index contributed by atoms with van der Waals surface area (Å²) < 4.78 is 60.2. The molecule has 0 aliphatic carbocycles.